The Bertz CT molecular complexity index is 1040. The Hall–Kier alpha value is -2.80. The van der Waals surface area contributed by atoms with Crippen molar-refractivity contribution >= 4 is 22.7 Å². The first-order valence-corrected chi connectivity index (χ1v) is 10.5. The summed E-state index contributed by atoms with van der Waals surface area (Å²) in [5.41, 5.74) is 2.64. The van der Waals surface area contributed by atoms with Crippen LogP contribution in [0.2, 0.25) is 0 Å². The Morgan fingerprint density at radius 1 is 1.07 bits per heavy atom. The summed E-state index contributed by atoms with van der Waals surface area (Å²) in [5.74, 6) is 0.303. The Kier molecular flexibility index (Phi) is 6.59. The van der Waals surface area contributed by atoms with Gasteiger partial charge in [-0.1, -0.05) is 13.8 Å². The van der Waals surface area contributed by atoms with E-state index in [0.29, 0.717) is 11.6 Å². The van der Waals surface area contributed by atoms with Gasteiger partial charge in [0.15, 0.2) is 4.80 Å². The number of nitro benzene ring substituents is 1. The smallest absolute Gasteiger partial charge is 0.269 e. The molecule has 0 aliphatic carbocycles. The predicted octanol–water partition coefficient (Wildman–Crippen LogP) is 6.49. The molecule has 0 saturated carbocycles. The third-order valence-corrected chi connectivity index (χ3v) is 5.61. The van der Waals surface area contributed by atoms with Crippen LogP contribution < -0.4 is 4.80 Å². The van der Waals surface area contributed by atoms with Crippen molar-refractivity contribution in [2.24, 2.45) is 10.9 Å². The second-order valence-electron chi connectivity index (χ2n) is 7.49. The highest BCUT2D eigenvalue weighted by Gasteiger charge is 2.16. The molecule has 1 atom stereocenters. The van der Waals surface area contributed by atoms with Crippen LogP contribution in [0, 0.1) is 21.8 Å². The molecule has 29 heavy (non-hydrogen) atoms. The van der Waals surface area contributed by atoms with Crippen molar-refractivity contribution < 1.29 is 9.31 Å². The van der Waals surface area contributed by atoms with Gasteiger partial charge >= 0.3 is 0 Å². The standard InChI is InChI=1S/C22H24FN3O2S/c1-15(2)4-5-16(3)25-21(17-6-12-20(13-7-17)26(27)28)14-29-22(25)24-19-10-8-18(23)9-11-19/h6-16H,4-5H2,1-3H3. The lowest BCUT2D eigenvalue weighted by molar-refractivity contribution is -0.384. The highest BCUT2D eigenvalue weighted by Crippen LogP contribution is 2.28. The van der Waals surface area contributed by atoms with Gasteiger partial charge in [0.25, 0.3) is 5.69 Å². The number of nitro groups is 1. The molecule has 0 aliphatic heterocycles. The largest absolute Gasteiger partial charge is 0.314 e. The molecule has 152 valence electrons. The van der Waals surface area contributed by atoms with E-state index in [2.05, 4.69) is 25.3 Å². The zero-order chi connectivity index (χ0) is 21.0. The monoisotopic (exact) mass is 413 g/mol. The van der Waals surface area contributed by atoms with Crippen LogP contribution in [0.25, 0.3) is 11.3 Å². The maximum Gasteiger partial charge on any atom is 0.269 e. The summed E-state index contributed by atoms with van der Waals surface area (Å²) in [6.45, 7) is 6.56. The Morgan fingerprint density at radius 2 is 1.72 bits per heavy atom. The molecule has 2 aromatic carbocycles. The van der Waals surface area contributed by atoms with E-state index in [0.717, 1.165) is 28.9 Å². The molecule has 0 bridgehead atoms. The fraction of sp³-hybridized carbons (Fsp3) is 0.318. The van der Waals surface area contributed by atoms with E-state index < -0.39 is 4.92 Å². The van der Waals surface area contributed by atoms with Gasteiger partial charge in [0.2, 0.25) is 0 Å². The Labute approximate surface area is 173 Å². The van der Waals surface area contributed by atoms with Gasteiger partial charge in [-0.3, -0.25) is 10.1 Å². The molecule has 3 rings (SSSR count). The molecule has 0 spiro atoms. The topological polar surface area (TPSA) is 60.4 Å². The second kappa shape index (κ2) is 9.13. The fourth-order valence-corrected chi connectivity index (χ4v) is 4.14. The number of nitrogens with zero attached hydrogens (tertiary/aromatic N) is 3. The maximum atomic E-state index is 13.2. The van der Waals surface area contributed by atoms with Gasteiger partial charge in [0.05, 0.1) is 16.3 Å². The molecule has 0 amide bonds. The van der Waals surface area contributed by atoms with Crippen molar-refractivity contribution in [3.8, 4) is 11.3 Å². The third kappa shape index (κ3) is 5.17. The molecule has 1 heterocycles. The molecule has 5 nitrogen and oxygen atoms in total. The van der Waals surface area contributed by atoms with Gasteiger partial charge < -0.3 is 4.57 Å². The van der Waals surface area contributed by atoms with E-state index in [9.17, 15) is 14.5 Å². The van der Waals surface area contributed by atoms with Gasteiger partial charge in [-0.25, -0.2) is 9.38 Å². The van der Waals surface area contributed by atoms with Crippen molar-refractivity contribution in [3.05, 3.63) is 74.6 Å². The second-order valence-corrected chi connectivity index (χ2v) is 8.32. The maximum absolute atomic E-state index is 13.2. The first-order valence-electron chi connectivity index (χ1n) is 9.60. The summed E-state index contributed by atoms with van der Waals surface area (Å²) < 4.78 is 15.4. The van der Waals surface area contributed by atoms with Gasteiger partial charge in [0.1, 0.15) is 5.82 Å². The zero-order valence-corrected chi connectivity index (χ0v) is 17.5. The number of thiazole rings is 1. The van der Waals surface area contributed by atoms with Crippen molar-refractivity contribution in [2.45, 2.75) is 39.7 Å². The van der Waals surface area contributed by atoms with Crippen LogP contribution in [-0.2, 0) is 0 Å². The average Bonchev–Trinajstić information content (AvgIpc) is 3.11. The number of non-ortho nitro benzene ring substituents is 1. The van der Waals surface area contributed by atoms with E-state index in [1.54, 1.807) is 24.3 Å². The highest BCUT2D eigenvalue weighted by molar-refractivity contribution is 7.07. The fourth-order valence-electron chi connectivity index (χ4n) is 3.12. The molecule has 1 unspecified atom stereocenters. The number of hydrogen-bond donors (Lipinski definition) is 0. The van der Waals surface area contributed by atoms with Crippen LogP contribution in [0.4, 0.5) is 15.8 Å². The molecule has 1 aromatic heterocycles. The minimum absolute atomic E-state index is 0.0691. The van der Waals surface area contributed by atoms with E-state index >= 15 is 0 Å². The Morgan fingerprint density at radius 3 is 2.31 bits per heavy atom. The number of halogens is 1. The predicted molar refractivity (Wildman–Crippen MR) is 115 cm³/mol. The van der Waals surface area contributed by atoms with Crippen LogP contribution in [0.5, 0.6) is 0 Å². The third-order valence-electron chi connectivity index (χ3n) is 4.77. The lowest BCUT2D eigenvalue weighted by Gasteiger charge is -2.18. The van der Waals surface area contributed by atoms with Crippen LogP contribution in [0.3, 0.4) is 0 Å². The minimum Gasteiger partial charge on any atom is -0.314 e. The van der Waals surface area contributed by atoms with Crippen LogP contribution >= 0.6 is 11.3 Å². The molecule has 0 N–H and O–H groups in total. The molecule has 0 saturated heterocycles. The zero-order valence-electron chi connectivity index (χ0n) is 16.7. The van der Waals surface area contributed by atoms with Crippen LogP contribution in [0.15, 0.2) is 58.9 Å². The summed E-state index contributed by atoms with van der Waals surface area (Å²) in [4.78, 5) is 16.1. The van der Waals surface area contributed by atoms with E-state index in [-0.39, 0.29) is 17.5 Å². The summed E-state index contributed by atoms with van der Waals surface area (Å²) in [5, 5.41) is 13.0. The number of rotatable bonds is 7. The summed E-state index contributed by atoms with van der Waals surface area (Å²) >= 11 is 1.51. The molecule has 0 fully saturated rings. The van der Waals surface area contributed by atoms with Gasteiger partial charge in [-0.2, -0.15) is 0 Å². The van der Waals surface area contributed by atoms with Gasteiger partial charge in [-0.05, 0) is 67.6 Å². The highest BCUT2D eigenvalue weighted by atomic mass is 32.1. The normalized spacial score (nSPS) is 13.1. The van der Waals surface area contributed by atoms with Crippen molar-refractivity contribution in [2.75, 3.05) is 0 Å². The molecular formula is C22H24FN3O2S. The molecule has 0 aliphatic rings. The molecule has 7 heteroatoms. The SMILES string of the molecule is CC(C)CCC(C)n1c(-c2ccc([N+](=O)[O-])cc2)csc1=Nc1ccc(F)cc1. The first-order chi connectivity index (χ1) is 13.8. The Balaban J connectivity index is 2.07. The van der Waals surface area contributed by atoms with Crippen molar-refractivity contribution in [3.63, 3.8) is 0 Å². The van der Waals surface area contributed by atoms with Crippen molar-refractivity contribution in [1.82, 2.24) is 4.57 Å². The quantitative estimate of drug-likeness (QED) is 0.328. The van der Waals surface area contributed by atoms with Crippen molar-refractivity contribution in [1.29, 1.82) is 0 Å². The molecule has 0 radical (unpaired) electrons. The summed E-state index contributed by atoms with van der Waals surface area (Å²) in [6, 6.07) is 12.9. The van der Waals surface area contributed by atoms with E-state index in [4.69, 9.17) is 4.99 Å². The number of hydrogen-bond acceptors (Lipinski definition) is 4. The lowest BCUT2D eigenvalue weighted by atomic mass is 10.0. The lowest BCUT2D eigenvalue weighted by Crippen LogP contribution is -2.20. The van der Waals surface area contributed by atoms with E-state index in [1.165, 1.54) is 35.6 Å². The van der Waals surface area contributed by atoms with Crippen LogP contribution in [0.1, 0.15) is 39.7 Å². The molecular weight excluding hydrogens is 389 g/mol. The van der Waals surface area contributed by atoms with Gasteiger partial charge in [-0.15, -0.1) is 11.3 Å². The molecule has 3 aromatic rings. The van der Waals surface area contributed by atoms with Crippen LogP contribution in [-0.4, -0.2) is 9.49 Å². The number of aromatic nitrogens is 1. The first kappa shape index (κ1) is 20.9. The van der Waals surface area contributed by atoms with Gasteiger partial charge in [0, 0.05) is 23.6 Å². The minimum atomic E-state index is -0.397. The summed E-state index contributed by atoms with van der Waals surface area (Å²) in [6.07, 6.45) is 2.07. The van der Waals surface area contributed by atoms with E-state index in [1.807, 2.05) is 5.38 Å². The summed E-state index contributed by atoms with van der Waals surface area (Å²) in [7, 11) is 0. The number of benzene rings is 2. The average molecular weight is 414 g/mol.